The third kappa shape index (κ3) is 5.69. The van der Waals surface area contributed by atoms with Crippen LogP contribution in [0.25, 0.3) is 0 Å². The lowest BCUT2D eigenvalue weighted by Gasteiger charge is -2.38. The molecule has 0 unspecified atom stereocenters. The third-order valence-electron chi connectivity index (χ3n) is 7.34. The molecule has 2 heterocycles. The van der Waals surface area contributed by atoms with Gasteiger partial charge in [-0.15, -0.1) is 0 Å². The Hall–Kier alpha value is -3.69. The molecule has 2 atom stereocenters. The van der Waals surface area contributed by atoms with Gasteiger partial charge in [-0.05, 0) is 61.6 Å². The Morgan fingerprint density at radius 1 is 0.974 bits per heavy atom. The number of ether oxygens (including phenoxy) is 1. The zero-order valence-corrected chi connectivity index (χ0v) is 23.0. The molecule has 204 valence electrons. The Morgan fingerprint density at radius 3 is 2.51 bits per heavy atom. The average molecular weight is 548 g/mol. The Morgan fingerprint density at radius 2 is 1.72 bits per heavy atom. The topological polar surface area (TPSA) is 96.0 Å². The van der Waals surface area contributed by atoms with Gasteiger partial charge in [0.2, 0.25) is 15.9 Å². The average Bonchev–Trinajstić information content (AvgIpc) is 2.96. The van der Waals surface area contributed by atoms with Crippen LogP contribution in [0.1, 0.15) is 29.5 Å². The number of amides is 2. The molecule has 8 nitrogen and oxygen atoms in total. The zero-order chi connectivity index (χ0) is 27.6. The number of nitrogens with one attached hydrogen (secondary N) is 1. The number of nitrogens with zero attached hydrogens (tertiary/aromatic N) is 2. The highest BCUT2D eigenvalue weighted by Gasteiger charge is 2.40. The third-order valence-corrected chi connectivity index (χ3v) is 9.34. The van der Waals surface area contributed by atoms with Gasteiger partial charge in [0.1, 0.15) is 5.75 Å². The predicted molar refractivity (Wildman–Crippen MR) is 149 cm³/mol. The molecule has 0 aliphatic carbocycles. The Kier molecular flexibility index (Phi) is 7.72. The fourth-order valence-electron chi connectivity index (χ4n) is 5.19. The van der Waals surface area contributed by atoms with Crippen LogP contribution in [0.15, 0.2) is 77.7 Å². The van der Waals surface area contributed by atoms with E-state index >= 15 is 0 Å². The summed E-state index contributed by atoms with van der Waals surface area (Å²) in [4.78, 5) is 28.8. The van der Waals surface area contributed by atoms with Crippen molar-refractivity contribution < 1.29 is 22.7 Å². The van der Waals surface area contributed by atoms with Crippen molar-refractivity contribution in [2.75, 3.05) is 24.5 Å². The summed E-state index contributed by atoms with van der Waals surface area (Å²) in [5.41, 5.74) is 3.09. The summed E-state index contributed by atoms with van der Waals surface area (Å²) in [6.07, 6.45) is 0.265. The quantitative estimate of drug-likeness (QED) is 0.506. The number of rotatable bonds is 6. The van der Waals surface area contributed by atoms with Crippen LogP contribution in [0, 0.1) is 19.8 Å². The van der Waals surface area contributed by atoms with Crippen LogP contribution in [0.2, 0.25) is 0 Å². The number of hydrogen-bond acceptors (Lipinski definition) is 5. The number of carbonyl (C=O) groups excluding carboxylic acids is 2. The summed E-state index contributed by atoms with van der Waals surface area (Å²) in [6, 6.07) is 22.1. The number of piperidine rings is 1. The summed E-state index contributed by atoms with van der Waals surface area (Å²) in [6.45, 7) is 4.51. The lowest BCUT2D eigenvalue weighted by molar-refractivity contribution is -0.129. The molecular weight excluding hydrogens is 514 g/mol. The van der Waals surface area contributed by atoms with Crippen molar-refractivity contribution in [3.05, 3.63) is 89.5 Å². The van der Waals surface area contributed by atoms with Gasteiger partial charge in [-0.3, -0.25) is 9.59 Å². The summed E-state index contributed by atoms with van der Waals surface area (Å²) in [5.74, 6) is -0.591. The second kappa shape index (κ2) is 11.2. The minimum Gasteiger partial charge on any atom is -0.477 e. The zero-order valence-electron chi connectivity index (χ0n) is 22.2. The van der Waals surface area contributed by atoms with Crippen LogP contribution in [0.3, 0.4) is 0 Å². The molecule has 0 saturated carbocycles. The molecule has 2 aliphatic rings. The highest BCUT2D eigenvalue weighted by Crippen LogP contribution is 2.36. The van der Waals surface area contributed by atoms with Crippen LogP contribution in [0.5, 0.6) is 5.75 Å². The Bertz CT molecular complexity index is 1470. The molecule has 3 aromatic rings. The van der Waals surface area contributed by atoms with Crippen molar-refractivity contribution in [3.63, 3.8) is 0 Å². The van der Waals surface area contributed by atoms with Crippen molar-refractivity contribution in [1.82, 2.24) is 9.62 Å². The normalized spacial score (nSPS) is 19.6. The molecule has 0 radical (unpaired) electrons. The first-order valence-electron chi connectivity index (χ1n) is 13.2. The maximum Gasteiger partial charge on any atom is 0.263 e. The maximum atomic E-state index is 13.9. The molecule has 1 fully saturated rings. The molecule has 0 bridgehead atoms. The van der Waals surface area contributed by atoms with Gasteiger partial charge in [-0.2, -0.15) is 4.31 Å². The van der Waals surface area contributed by atoms with Crippen LogP contribution in [-0.4, -0.2) is 50.3 Å². The molecule has 3 aromatic carbocycles. The van der Waals surface area contributed by atoms with Crippen LogP contribution < -0.4 is 15.0 Å². The van der Waals surface area contributed by atoms with Gasteiger partial charge in [-0.1, -0.05) is 54.6 Å². The maximum absolute atomic E-state index is 13.9. The van der Waals surface area contributed by atoms with Gasteiger partial charge in [0.25, 0.3) is 5.91 Å². The summed E-state index contributed by atoms with van der Waals surface area (Å²) in [7, 11) is -3.76. The van der Waals surface area contributed by atoms with Crippen molar-refractivity contribution in [1.29, 1.82) is 0 Å². The molecule has 2 amide bonds. The van der Waals surface area contributed by atoms with Crippen LogP contribution in [-0.2, 0) is 26.2 Å². The molecular formula is C30H33N3O5S. The minimum atomic E-state index is -3.76. The molecule has 9 heteroatoms. The Balaban J connectivity index is 1.34. The molecule has 1 N–H and O–H groups in total. The van der Waals surface area contributed by atoms with Gasteiger partial charge in [0.15, 0.2) is 6.10 Å². The number of para-hydroxylation sites is 2. The van der Waals surface area contributed by atoms with Gasteiger partial charge in [0, 0.05) is 19.6 Å². The van der Waals surface area contributed by atoms with E-state index in [4.69, 9.17) is 4.74 Å². The number of benzene rings is 3. The highest BCUT2D eigenvalue weighted by atomic mass is 32.2. The molecule has 1 saturated heterocycles. The van der Waals surface area contributed by atoms with Gasteiger partial charge >= 0.3 is 0 Å². The number of carbonyl (C=O) groups is 2. The minimum absolute atomic E-state index is 0.0523. The SMILES string of the molecule is Cc1ccc(C)c(S(=O)(=O)N2CCC[C@@H](C(=O)N3C[C@@H](C(=O)NCc4ccccc4)Oc4ccccc43)C2)c1. The molecule has 2 aliphatic heterocycles. The Labute approximate surface area is 229 Å². The van der Waals surface area contributed by atoms with E-state index in [0.717, 1.165) is 11.1 Å². The van der Waals surface area contributed by atoms with Crippen molar-refractivity contribution in [3.8, 4) is 5.75 Å². The largest absolute Gasteiger partial charge is 0.477 e. The number of fused-ring (bicyclic) bond motifs is 1. The van der Waals surface area contributed by atoms with Crippen LogP contribution in [0.4, 0.5) is 5.69 Å². The van der Waals surface area contributed by atoms with E-state index in [2.05, 4.69) is 5.32 Å². The van der Waals surface area contributed by atoms with E-state index in [9.17, 15) is 18.0 Å². The standard InChI is InChI=1S/C30H33N3O5S/c1-21-14-15-22(2)28(17-21)39(36,37)32-16-8-11-24(19-32)30(35)33-20-27(38-26-13-7-6-12-25(26)33)29(34)31-18-23-9-4-3-5-10-23/h3-7,9-10,12-15,17,24,27H,8,11,16,18-20H2,1-2H3,(H,31,34)/t24-,27+/m1/s1. The van der Waals surface area contributed by atoms with E-state index in [1.165, 1.54) is 4.31 Å². The monoisotopic (exact) mass is 547 g/mol. The van der Waals surface area contributed by atoms with Gasteiger partial charge < -0.3 is 15.0 Å². The first-order chi connectivity index (χ1) is 18.7. The molecule has 39 heavy (non-hydrogen) atoms. The lowest BCUT2D eigenvalue weighted by atomic mass is 9.97. The number of sulfonamides is 1. The van der Waals surface area contributed by atoms with Crippen LogP contribution >= 0.6 is 0 Å². The predicted octanol–water partition coefficient (Wildman–Crippen LogP) is 3.81. The molecule has 0 spiro atoms. The van der Waals surface area contributed by atoms with E-state index in [-0.39, 0.29) is 29.8 Å². The van der Waals surface area contributed by atoms with E-state index in [0.29, 0.717) is 42.9 Å². The van der Waals surface area contributed by atoms with Crippen molar-refractivity contribution in [2.24, 2.45) is 5.92 Å². The second-order valence-electron chi connectivity index (χ2n) is 10.2. The fraction of sp³-hybridized carbons (Fsp3) is 0.333. The summed E-state index contributed by atoms with van der Waals surface area (Å²) < 4.78 is 34.5. The first-order valence-corrected chi connectivity index (χ1v) is 14.6. The van der Waals surface area contributed by atoms with E-state index in [1.54, 1.807) is 36.1 Å². The number of aryl methyl sites for hydroxylation is 2. The van der Waals surface area contributed by atoms with Gasteiger partial charge in [-0.25, -0.2) is 8.42 Å². The molecule has 0 aromatic heterocycles. The van der Waals surface area contributed by atoms with E-state index in [1.807, 2.05) is 55.5 Å². The highest BCUT2D eigenvalue weighted by molar-refractivity contribution is 7.89. The van der Waals surface area contributed by atoms with Gasteiger partial charge in [0.05, 0.1) is 23.0 Å². The van der Waals surface area contributed by atoms with Crippen molar-refractivity contribution in [2.45, 2.75) is 44.2 Å². The van der Waals surface area contributed by atoms with Crippen molar-refractivity contribution >= 4 is 27.5 Å². The summed E-state index contributed by atoms with van der Waals surface area (Å²) in [5, 5.41) is 2.90. The number of anilines is 1. The first kappa shape index (κ1) is 26.9. The lowest BCUT2D eigenvalue weighted by Crippen LogP contribution is -2.54. The summed E-state index contributed by atoms with van der Waals surface area (Å²) >= 11 is 0. The molecule has 5 rings (SSSR count). The fourth-order valence-corrected chi connectivity index (χ4v) is 7.02. The number of hydrogen-bond donors (Lipinski definition) is 1. The second-order valence-corrected chi connectivity index (χ2v) is 12.1. The smallest absolute Gasteiger partial charge is 0.263 e. The van der Waals surface area contributed by atoms with E-state index < -0.39 is 22.0 Å².